The van der Waals surface area contributed by atoms with Crippen LogP contribution in [0.5, 0.6) is 5.75 Å². The van der Waals surface area contributed by atoms with Gasteiger partial charge in [-0.1, -0.05) is 12.1 Å². The highest BCUT2D eigenvalue weighted by Gasteiger charge is 2.05. The zero-order chi connectivity index (χ0) is 19.2. The second-order valence-corrected chi connectivity index (χ2v) is 6.22. The van der Waals surface area contributed by atoms with Gasteiger partial charge in [-0.25, -0.2) is 0 Å². The maximum absolute atomic E-state index is 5.85. The van der Waals surface area contributed by atoms with Crippen molar-refractivity contribution in [2.75, 3.05) is 61.2 Å². The molecule has 0 radical (unpaired) electrons. The minimum Gasteiger partial charge on any atom is -0.492 e. The Hall–Kier alpha value is -1.83. The third-order valence-corrected chi connectivity index (χ3v) is 3.80. The van der Waals surface area contributed by atoms with Crippen LogP contribution >= 0.6 is 0 Å². The summed E-state index contributed by atoms with van der Waals surface area (Å²) < 4.78 is 16.1. The summed E-state index contributed by atoms with van der Waals surface area (Å²) in [5.41, 5.74) is 1.14. The van der Waals surface area contributed by atoms with Crippen molar-refractivity contribution < 1.29 is 14.2 Å². The standard InChI is InChI=1S/C19H34N4O3/c1-16(15-25-5)22-19(20-2)21-14-17-7-6-8-18(13-17)26-12-10-23(3)9-11-24-4/h6-8,13,16H,9-12,14-15H2,1-5H3,(H2,20,21,22). The first-order valence-corrected chi connectivity index (χ1v) is 8.94. The van der Waals surface area contributed by atoms with Gasteiger partial charge in [0.1, 0.15) is 12.4 Å². The first-order valence-electron chi connectivity index (χ1n) is 8.94. The molecule has 0 saturated carbocycles. The molecule has 0 aliphatic carbocycles. The van der Waals surface area contributed by atoms with E-state index >= 15 is 0 Å². The van der Waals surface area contributed by atoms with Crippen LogP contribution in [0.15, 0.2) is 29.3 Å². The monoisotopic (exact) mass is 366 g/mol. The molecule has 0 amide bonds. The molecule has 0 heterocycles. The third-order valence-electron chi connectivity index (χ3n) is 3.80. The van der Waals surface area contributed by atoms with E-state index in [-0.39, 0.29) is 6.04 Å². The first kappa shape index (κ1) is 22.2. The molecular formula is C19H34N4O3. The van der Waals surface area contributed by atoms with Gasteiger partial charge in [0.05, 0.1) is 13.2 Å². The Kier molecular flexibility index (Phi) is 11.4. The van der Waals surface area contributed by atoms with Crippen molar-refractivity contribution in [1.82, 2.24) is 15.5 Å². The molecule has 26 heavy (non-hydrogen) atoms. The topological polar surface area (TPSA) is 67.4 Å². The Morgan fingerprint density at radius 2 is 1.96 bits per heavy atom. The number of nitrogens with one attached hydrogen (secondary N) is 2. The van der Waals surface area contributed by atoms with E-state index in [1.807, 2.05) is 18.2 Å². The number of guanidine groups is 1. The fourth-order valence-corrected chi connectivity index (χ4v) is 2.33. The van der Waals surface area contributed by atoms with Crippen molar-refractivity contribution in [2.24, 2.45) is 4.99 Å². The lowest BCUT2D eigenvalue weighted by molar-refractivity contribution is 0.150. The SMILES string of the molecule is CN=C(NCc1cccc(OCCN(C)CCOC)c1)NC(C)COC. The van der Waals surface area contributed by atoms with Crippen LogP contribution in [0.1, 0.15) is 12.5 Å². The van der Waals surface area contributed by atoms with E-state index in [1.165, 1.54) is 0 Å². The van der Waals surface area contributed by atoms with Crippen molar-refractivity contribution in [1.29, 1.82) is 0 Å². The quantitative estimate of drug-likeness (QED) is 0.430. The van der Waals surface area contributed by atoms with Crippen molar-refractivity contribution >= 4 is 5.96 Å². The second kappa shape index (κ2) is 13.4. The van der Waals surface area contributed by atoms with Crippen LogP contribution in [0, 0.1) is 0 Å². The highest BCUT2D eigenvalue weighted by molar-refractivity contribution is 5.79. The zero-order valence-corrected chi connectivity index (χ0v) is 16.7. The number of rotatable bonds is 12. The van der Waals surface area contributed by atoms with E-state index in [0.717, 1.165) is 37.0 Å². The van der Waals surface area contributed by atoms with E-state index in [1.54, 1.807) is 21.3 Å². The van der Waals surface area contributed by atoms with E-state index in [4.69, 9.17) is 14.2 Å². The van der Waals surface area contributed by atoms with Crippen LogP contribution in [-0.2, 0) is 16.0 Å². The number of methoxy groups -OCH3 is 2. The van der Waals surface area contributed by atoms with Gasteiger partial charge in [-0.3, -0.25) is 4.99 Å². The number of hydrogen-bond donors (Lipinski definition) is 2. The molecule has 148 valence electrons. The third kappa shape index (κ3) is 9.60. The second-order valence-electron chi connectivity index (χ2n) is 6.22. The average Bonchev–Trinajstić information content (AvgIpc) is 2.64. The maximum Gasteiger partial charge on any atom is 0.191 e. The highest BCUT2D eigenvalue weighted by Crippen LogP contribution is 2.13. The molecule has 1 aromatic carbocycles. The Labute approximate surface area is 157 Å². The molecule has 7 nitrogen and oxygen atoms in total. The average molecular weight is 367 g/mol. The number of hydrogen-bond acceptors (Lipinski definition) is 5. The number of ether oxygens (including phenoxy) is 3. The molecule has 1 unspecified atom stereocenters. The van der Waals surface area contributed by atoms with E-state index in [2.05, 4.69) is 40.6 Å². The lowest BCUT2D eigenvalue weighted by Crippen LogP contribution is -2.43. The Balaban J connectivity index is 2.41. The Morgan fingerprint density at radius 3 is 2.65 bits per heavy atom. The molecule has 0 bridgehead atoms. The Morgan fingerprint density at radius 1 is 1.19 bits per heavy atom. The van der Waals surface area contributed by atoms with Gasteiger partial charge < -0.3 is 29.7 Å². The molecule has 7 heteroatoms. The largest absolute Gasteiger partial charge is 0.492 e. The molecule has 0 spiro atoms. The van der Waals surface area contributed by atoms with Crippen molar-refractivity contribution in [3.8, 4) is 5.75 Å². The van der Waals surface area contributed by atoms with Crippen molar-refractivity contribution in [2.45, 2.75) is 19.5 Å². The smallest absolute Gasteiger partial charge is 0.191 e. The van der Waals surface area contributed by atoms with E-state index in [0.29, 0.717) is 19.8 Å². The molecule has 0 fully saturated rings. The molecule has 1 aromatic rings. The van der Waals surface area contributed by atoms with Crippen LogP contribution in [-0.4, -0.2) is 78.1 Å². The van der Waals surface area contributed by atoms with Crippen LogP contribution in [0.25, 0.3) is 0 Å². The van der Waals surface area contributed by atoms with Crippen molar-refractivity contribution in [3.63, 3.8) is 0 Å². The molecular weight excluding hydrogens is 332 g/mol. The molecule has 0 aliphatic rings. The van der Waals surface area contributed by atoms with Gasteiger partial charge in [-0.05, 0) is 31.7 Å². The van der Waals surface area contributed by atoms with Gasteiger partial charge >= 0.3 is 0 Å². The Bertz CT molecular complexity index is 525. The van der Waals surface area contributed by atoms with Gasteiger partial charge in [0, 0.05) is 46.9 Å². The van der Waals surface area contributed by atoms with Crippen LogP contribution in [0.3, 0.4) is 0 Å². The summed E-state index contributed by atoms with van der Waals surface area (Å²) in [6.07, 6.45) is 0. The van der Waals surface area contributed by atoms with Crippen LogP contribution in [0.2, 0.25) is 0 Å². The molecule has 0 saturated heterocycles. The summed E-state index contributed by atoms with van der Waals surface area (Å²) in [6, 6.07) is 8.29. The van der Waals surface area contributed by atoms with Gasteiger partial charge in [-0.15, -0.1) is 0 Å². The van der Waals surface area contributed by atoms with Crippen LogP contribution < -0.4 is 15.4 Å². The van der Waals surface area contributed by atoms with Gasteiger partial charge in [-0.2, -0.15) is 0 Å². The highest BCUT2D eigenvalue weighted by atomic mass is 16.5. The minimum absolute atomic E-state index is 0.191. The molecule has 0 aliphatic heterocycles. The summed E-state index contributed by atoms with van der Waals surface area (Å²) >= 11 is 0. The fourth-order valence-electron chi connectivity index (χ4n) is 2.33. The lowest BCUT2D eigenvalue weighted by Gasteiger charge is -2.18. The summed E-state index contributed by atoms with van der Waals surface area (Å²) in [7, 11) is 7.22. The summed E-state index contributed by atoms with van der Waals surface area (Å²) in [6.45, 7) is 6.49. The van der Waals surface area contributed by atoms with Crippen molar-refractivity contribution in [3.05, 3.63) is 29.8 Å². The van der Waals surface area contributed by atoms with Gasteiger partial charge in [0.2, 0.25) is 0 Å². The van der Waals surface area contributed by atoms with E-state index < -0.39 is 0 Å². The molecule has 2 N–H and O–H groups in total. The molecule has 1 rings (SSSR count). The fraction of sp³-hybridized carbons (Fsp3) is 0.632. The maximum atomic E-state index is 5.85. The number of aliphatic imine (C=N–C) groups is 1. The molecule has 0 aromatic heterocycles. The van der Waals surface area contributed by atoms with E-state index in [9.17, 15) is 0 Å². The lowest BCUT2D eigenvalue weighted by atomic mass is 10.2. The summed E-state index contributed by atoms with van der Waals surface area (Å²) in [5, 5.41) is 6.59. The first-order chi connectivity index (χ1) is 12.6. The number of nitrogens with zero attached hydrogens (tertiary/aromatic N) is 2. The number of likely N-dealkylation sites (N-methyl/N-ethyl adjacent to an activating group) is 1. The minimum atomic E-state index is 0.191. The van der Waals surface area contributed by atoms with Gasteiger partial charge in [0.15, 0.2) is 5.96 Å². The predicted molar refractivity (Wildman–Crippen MR) is 106 cm³/mol. The summed E-state index contributed by atoms with van der Waals surface area (Å²) in [4.78, 5) is 6.42. The van der Waals surface area contributed by atoms with Gasteiger partial charge in [0.25, 0.3) is 0 Å². The zero-order valence-electron chi connectivity index (χ0n) is 16.7. The molecule has 1 atom stereocenters. The van der Waals surface area contributed by atoms with Crippen LogP contribution in [0.4, 0.5) is 0 Å². The number of benzene rings is 1. The predicted octanol–water partition coefficient (Wildman–Crippen LogP) is 1.34. The summed E-state index contributed by atoms with van der Waals surface area (Å²) in [5.74, 6) is 1.63. The normalized spacial score (nSPS) is 12.9.